The van der Waals surface area contributed by atoms with Crippen LogP contribution in [-0.4, -0.2) is 15.3 Å². The summed E-state index contributed by atoms with van der Waals surface area (Å²) in [6.45, 7) is 3.96. The molecular formula is C15H14O3. The molecule has 0 bridgehead atoms. The Balaban J connectivity index is 2.18. The second kappa shape index (κ2) is 4.84. The number of hydrogen-bond acceptors (Lipinski definition) is 3. The van der Waals surface area contributed by atoms with Gasteiger partial charge in [-0.1, -0.05) is 24.8 Å². The van der Waals surface area contributed by atoms with Crippen molar-refractivity contribution in [2.75, 3.05) is 0 Å². The Morgan fingerprint density at radius 1 is 0.889 bits per heavy atom. The van der Waals surface area contributed by atoms with Gasteiger partial charge < -0.3 is 15.3 Å². The smallest absolute Gasteiger partial charge is 0.122 e. The molecule has 0 aliphatic heterocycles. The van der Waals surface area contributed by atoms with Crippen molar-refractivity contribution in [3.8, 4) is 17.2 Å². The maximum Gasteiger partial charge on any atom is 0.122 e. The zero-order chi connectivity index (χ0) is 13.1. The van der Waals surface area contributed by atoms with Gasteiger partial charge in [-0.2, -0.15) is 0 Å². The molecule has 0 amide bonds. The Bertz CT molecular complexity index is 571. The van der Waals surface area contributed by atoms with Crippen molar-refractivity contribution >= 4 is 5.57 Å². The lowest BCUT2D eigenvalue weighted by Crippen LogP contribution is -1.90. The molecule has 18 heavy (non-hydrogen) atoms. The van der Waals surface area contributed by atoms with E-state index < -0.39 is 0 Å². The number of allylic oxidation sites excluding steroid dienone is 1. The van der Waals surface area contributed by atoms with E-state index in [1.54, 1.807) is 30.3 Å². The molecule has 0 saturated heterocycles. The van der Waals surface area contributed by atoms with E-state index in [1.807, 2.05) is 0 Å². The average Bonchev–Trinajstić information content (AvgIpc) is 2.33. The molecular weight excluding hydrogens is 228 g/mol. The van der Waals surface area contributed by atoms with Crippen molar-refractivity contribution in [2.24, 2.45) is 0 Å². The van der Waals surface area contributed by atoms with Gasteiger partial charge in [0.05, 0.1) is 0 Å². The summed E-state index contributed by atoms with van der Waals surface area (Å²) in [4.78, 5) is 0. The zero-order valence-electron chi connectivity index (χ0n) is 9.80. The predicted molar refractivity (Wildman–Crippen MR) is 70.6 cm³/mol. The van der Waals surface area contributed by atoms with Crippen LogP contribution in [0.25, 0.3) is 5.57 Å². The predicted octanol–water partition coefficient (Wildman–Crippen LogP) is 3.06. The third-order valence-electron chi connectivity index (χ3n) is 2.75. The van der Waals surface area contributed by atoms with Gasteiger partial charge in [-0.25, -0.2) is 0 Å². The number of benzene rings is 2. The van der Waals surface area contributed by atoms with Crippen molar-refractivity contribution in [1.29, 1.82) is 0 Å². The first-order valence-electron chi connectivity index (χ1n) is 5.54. The molecule has 3 heteroatoms. The van der Waals surface area contributed by atoms with Crippen LogP contribution in [0.3, 0.4) is 0 Å². The molecule has 0 heterocycles. The molecule has 0 spiro atoms. The third kappa shape index (κ3) is 2.63. The first-order chi connectivity index (χ1) is 8.56. The van der Waals surface area contributed by atoms with E-state index in [2.05, 4.69) is 6.58 Å². The van der Waals surface area contributed by atoms with Crippen molar-refractivity contribution in [3.63, 3.8) is 0 Å². The fourth-order valence-corrected chi connectivity index (χ4v) is 1.73. The van der Waals surface area contributed by atoms with Crippen molar-refractivity contribution in [2.45, 2.75) is 6.42 Å². The first-order valence-corrected chi connectivity index (χ1v) is 5.54. The van der Waals surface area contributed by atoms with Gasteiger partial charge in [0.2, 0.25) is 0 Å². The monoisotopic (exact) mass is 242 g/mol. The van der Waals surface area contributed by atoms with Gasteiger partial charge in [0.1, 0.15) is 17.2 Å². The summed E-state index contributed by atoms with van der Waals surface area (Å²) in [5.74, 6) is 0.292. The Hall–Kier alpha value is -2.42. The average molecular weight is 242 g/mol. The molecule has 3 nitrogen and oxygen atoms in total. The minimum Gasteiger partial charge on any atom is -0.508 e. The van der Waals surface area contributed by atoms with Crippen LogP contribution in [0.2, 0.25) is 0 Å². The van der Waals surface area contributed by atoms with Gasteiger partial charge in [-0.15, -0.1) is 0 Å². The van der Waals surface area contributed by atoms with E-state index in [0.717, 1.165) is 11.1 Å². The molecule has 2 aromatic rings. The molecule has 0 unspecified atom stereocenters. The van der Waals surface area contributed by atoms with E-state index in [9.17, 15) is 15.3 Å². The zero-order valence-corrected chi connectivity index (χ0v) is 9.80. The molecule has 2 rings (SSSR count). The van der Waals surface area contributed by atoms with E-state index in [1.165, 1.54) is 12.1 Å². The molecule has 92 valence electrons. The molecule has 0 atom stereocenters. The van der Waals surface area contributed by atoms with E-state index in [-0.39, 0.29) is 17.2 Å². The Morgan fingerprint density at radius 2 is 1.50 bits per heavy atom. The molecule has 3 N–H and O–H groups in total. The quantitative estimate of drug-likeness (QED) is 0.775. The minimum atomic E-state index is 0.0338. The second-order valence-corrected chi connectivity index (χ2v) is 4.14. The topological polar surface area (TPSA) is 60.7 Å². The summed E-state index contributed by atoms with van der Waals surface area (Å²) in [7, 11) is 0. The number of aromatic hydroxyl groups is 3. The second-order valence-electron chi connectivity index (χ2n) is 4.14. The number of phenols is 3. The molecule has 0 fully saturated rings. The van der Waals surface area contributed by atoms with Crippen LogP contribution in [0.15, 0.2) is 49.0 Å². The highest BCUT2D eigenvalue weighted by molar-refractivity contribution is 5.67. The van der Waals surface area contributed by atoms with Gasteiger partial charge in [0.25, 0.3) is 0 Å². The lowest BCUT2D eigenvalue weighted by Gasteiger charge is -2.08. The maximum atomic E-state index is 9.69. The van der Waals surface area contributed by atoms with Gasteiger partial charge in [0.15, 0.2) is 0 Å². The van der Waals surface area contributed by atoms with Crippen LogP contribution in [0.1, 0.15) is 11.1 Å². The molecule has 0 saturated carbocycles. The van der Waals surface area contributed by atoms with Gasteiger partial charge >= 0.3 is 0 Å². The standard InChI is InChI=1S/C15H14O3/c1-10(11-2-5-13(16)6-3-11)8-12-4-7-14(17)9-15(12)18/h2-7,9,16-18H,1,8H2. The fraction of sp³-hybridized carbons (Fsp3) is 0.0667. The molecule has 2 aromatic carbocycles. The number of rotatable bonds is 3. The highest BCUT2D eigenvalue weighted by Crippen LogP contribution is 2.27. The van der Waals surface area contributed by atoms with Gasteiger partial charge in [-0.3, -0.25) is 0 Å². The van der Waals surface area contributed by atoms with E-state index >= 15 is 0 Å². The van der Waals surface area contributed by atoms with Gasteiger partial charge in [0, 0.05) is 12.5 Å². The minimum absolute atomic E-state index is 0.0338. The SMILES string of the molecule is C=C(Cc1ccc(O)cc1O)c1ccc(O)cc1. The summed E-state index contributed by atoms with van der Waals surface area (Å²) in [6, 6.07) is 11.2. The van der Waals surface area contributed by atoms with Gasteiger partial charge in [-0.05, 0) is 34.9 Å². The van der Waals surface area contributed by atoms with Crippen LogP contribution in [0.4, 0.5) is 0 Å². The summed E-state index contributed by atoms with van der Waals surface area (Å²) in [5.41, 5.74) is 2.43. The Kier molecular flexibility index (Phi) is 3.24. The highest BCUT2D eigenvalue weighted by atomic mass is 16.3. The first kappa shape index (κ1) is 12.0. The summed E-state index contributed by atoms with van der Waals surface area (Å²) >= 11 is 0. The molecule has 0 aliphatic carbocycles. The lowest BCUT2D eigenvalue weighted by atomic mass is 9.99. The van der Waals surface area contributed by atoms with Crippen LogP contribution in [-0.2, 0) is 6.42 Å². The van der Waals surface area contributed by atoms with Crippen LogP contribution < -0.4 is 0 Å². The van der Waals surface area contributed by atoms with Crippen molar-refractivity contribution in [1.82, 2.24) is 0 Å². The molecule has 0 aromatic heterocycles. The lowest BCUT2D eigenvalue weighted by molar-refractivity contribution is 0.447. The molecule has 0 radical (unpaired) electrons. The summed E-state index contributed by atoms with van der Waals surface area (Å²) < 4.78 is 0. The summed E-state index contributed by atoms with van der Waals surface area (Å²) in [5, 5.41) is 28.1. The van der Waals surface area contributed by atoms with Crippen molar-refractivity contribution in [3.05, 3.63) is 60.2 Å². The highest BCUT2D eigenvalue weighted by Gasteiger charge is 2.06. The van der Waals surface area contributed by atoms with Crippen LogP contribution >= 0.6 is 0 Å². The fourth-order valence-electron chi connectivity index (χ4n) is 1.73. The number of hydrogen-bond donors (Lipinski definition) is 3. The molecule has 0 aliphatic rings. The Labute approximate surface area is 105 Å². The van der Waals surface area contributed by atoms with E-state index in [4.69, 9.17) is 0 Å². The number of phenolic OH excluding ortho intramolecular Hbond substituents is 3. The largest absolute Gasteiger partial charge is 0.508 e. The third-order valence-corrected chi connectivity index (χ3v) is 2.75. The maximum absolute atomic E-state index is 9.69. The van der Waals surface area contributed by atoms with Crippen molar-refractivity contribution < 1.29 is 15.3 Å². The Morgan fingerprint density at radius 3 is 2.11 bits per heavy atom. The summed E-state index contributed by atoms with van der Waals surface area (Å²) in [6.07, 6.45) is 0.483. The normalized spacial score (nSPS) is 10.2. The van der Waals surface area contributed by atoms with E-state index in [0.29, 0.717) is 12.0 Å². The van der Waals surface area contributed by atoms with Crippen LogP contribution in [0.5, 0.6) is 17.2 Å². The van der Waals surface area contributed by atoms with Crippen LogP contribution in [0, 0.1) is 0 Å².